The molecule has 22 heavy (non-hydrogen) atoms. The first kappa shape index (κ1) is 21.1. The highest BCUT2D eigenvalue weighted by atomic mass is 79.9. The molecule has 2 aromatic rings. The molecule has 0 aliphatic rings. The first-order valence-corrected chi connectivity index (χ1v) is 7.46. The lowest BCUT2D eigenvalue weighted by molar-refractivity contribution is 0.0954. The Morgan fingerprint density at radius 3 is 2.68 bits per heavy atom. The van der Waals surface area contributed by atoms with Crippen LogP contribution in [0.5, 0.6) is 0 Å². The van der Waals surface area contributed by atoms with Crippen LogP contribution in [0.3, 0.4) is 0 Å². The second-order valence-corrected chi connectivity index (χ2v) is 5.64. The second kappa shape index (κ2) is 10.0. The van der Waals surface area contributed by atoms with Crippen molar-refractivity contribution >= 4 is 57.6 Å². The van der Waals surface area contributed by atoms with Gasteiger partial charge in [0.2, 0.25) is 0 Å². The summed E-state index contributed by atoms with van der Waals surface area (Å²) in [6.07, 6.45) is 1.82. The summed E-state index contributed by atoms with van der Waals surface area (Å²) >= 11 is 3.43. The molecule has 0 atom stereocenters. The summed E-state index contributed by atoms with van der Waals surface area (Å²) in [7, 11) is 0. The van der Waals surface area contributed by atoms with Crippen molar-refractivity contribution in [1.29, 1.82) is 0 Å². The van der Waals surface area contributed by atoms with Crippen LogP contribution < -0.4 is 11.1 Å². The van der Waals surface area contributed by atoms with Crippen LogP contribution >= 0.6 is 40.7 Å². The first-order chi connectivity index (χ1) is 9.61. The molecule has 0 saturated heterocycles. The molecule has 0 saturated carbocycles. The number of fused-ring (bicyclic) bond motifs is 1. The third kappa shape index (κ3) is 5.39. The molecule has 0 aliphatic heterocycles. The number of carbonyl (C=O) groups is 1. The van der Waals surface area contributed by atoms with Crippen LogP contribution in [0.2, 0.25) is 0 Å². The highest BCUT2D eigenvalue weighted by molar-refractivity contribution is 9.10. The zero-order chi connectivity index (χ0) is 14.5. The average molecular weight is 409 g/mol. The fraction of sp³-hybridized carbons (Fsp3) is 0.333. The van der Waals surface area contributed by atoms with Gasteiger partial charge in [0.15, 0.2) is 0 Å². The monoisotopic (exact) mass is 407 g/mol. The van der Waals surface area contributed by atoms with Crippen LogP contribution in [0, 0.1) is 6.92 Å². The quantitative estimate of drug-likeness (QED) is 0.742. The molecular formula is C15H20BrCl2N3O. The maximum absolute atomic E-state index is 12.3. The topological polar surface area (TPSA) is 68.0 Å². The molecule has 0 aliphatic carbocycles. The standard InChI is InChI=1S/C15H18BrN3O.2ClH/c1-10-8-13(15(20)18-7-3-2-6-17)12-9-11(16)4-5-14(12)19-10;;/h4-5,8-9H,2-3,6-7,17H2,1H3,(H,18,20);2*1H. The lowest BCUT2D eigenvalue weighted by atomic mass is 10.1. The number of nitrogens with two attached hydrogens (primary N) is 1. The lowest BCUT2D eigenvalue weighted by Gasteiger charge is -2.09. The minimum atomic E-state index is -0.0596. The highest BCUT2D eigenvalue weighted by Crippen LogP contribution is 2.22. The van der Waals surface area contributed by atoms with E-state index in [1.54, 1.807) is 0 Å². The van der Waals surface area contributed by atoms with E-state index in [-0.39, 0.29) is 30.7 Å². The Morgan fingerprint density at radius 2 is 2.00 bits per heavy atom. The molecule has 7 heteroatoms. The smallest absolute Gasteiger partial charge is 0.252 e. The van der Waals surface area contributed by atoms with Gasteiger partial charge >= 0.3 is 0 Å². The molecule has 122 valence electrons. The van der Waals surface area contributed by atoms with E-state index in [9.17, 15) is 4.79 Å². The van der Waals surface area contributed by atoms with Crippen LogP contribution in [-0.4, -0.2) is 24.0 Å². The maximum atomic E-state index is 12.3. The SMILES string of the molecule is Cc1cc(C(=O)NCCCCN)c2cc(Br)ccc2n1.Cl.Cl. The van der Waals surface area contributed by atoms with Crippen LogP contribution in [0.25, 0.3) is 10.9 Å². The van der Waals surface area contributed by atoms with E-state index >= 15 is 0 Å². The van der Waals surface area contributed by atoms with Crippen molar-refractivity contribution in [2.45, 2.75) is 19.8 Å². The summed E-state index contributed by atoms with van der Waals surface area (Å²) < 4.78 is 0.938. The van der Waals surface area contributed by atoms with Crippen molar-refractivity contribution < 1.29 is 4.79 Å². The van der Waals surface area contributed by atoms with Crippen molar-refractivity contribution in [3.63, 3.8) is 0 Å². The Labute approximate surface area is 151 Å². The van der Waals surface area contributed by atoms with Crippen LogP contribution in [0.15, 0.2) is 28.7 Å². The van der Waals surface area contributed by atoms with Crippen LogP contribution in [-0.2, 0) is 0 Å². The summed E-state index contributed by atoms with van der Waals surface area (Å²) in [5, 5.41) is 3.80. The number of hydrogen-bond donors (Lipinski definition) is 2. The second-order valence-electron chi connectivity index (χ2n) is 4.72. The number of aromatic nitrogens is 1. The van der Waals surface area contributed by atoms with Gasteiger partial charge in [-0.3, -0.25) is 9.78 Å². The number of hydrogen-bond acceptors (Lipinski definition) is 3. The zero-order valence-corrected chi connectivity index (χ0v) is 15.5. The number of pyridine rings is 1. The average Bonchev–Trinajstić information content (AvgIpc) is 2.43. The van der Waals surface area contributed by atoms with Gasteiger partial charge in [-0.15, -0.1) is 24.8 Å². The predicted octanol–water partition coefficient (Wildman–Crippen LogP) is 3.62. The molecule has 0 fully saturated rings. The number of carbonyl (C=O) groups excluding carboxylic acids is 1. The van der Waals surface area contributed by atoms with Gasteiger partial charge in [-0.05, 0) is 50.6 Å². The third-order valence-corrected chi connectivity index (χ3v) is 3.55. The normalized spacial score (nSPS) is 9.77. The largest absolute Gasteiger partial charge is 0.352 e. The molecule has 4 nitrogen and oxygen atoms in total. The van der Waals surface area contributed by atoms with E-state index in [0.29, 0.717) is 18.7 Å². The fourth-order valence-corrected chi connectivity index (χ4v) is 2.45. The molecule has 2 rings (SSSR count). The minimum absolute atomic E-state index is 0. The van der Waals surface area contributed by atoms with Gasteiger partial charge in [-0.2, -0.15) is 0 Å². The van der Waals surface area contributed by atoms with Gasteiger partial charge in [0.05, 0.1) is 11.1 Å². The molecule has 3 N–H and O–H groups in total. The Morgan fingerprint density at radius 1 is 1.27 bits per heavy atom. The van der Waals surface area contributed by atoms with Gasteiger partial charge in [0.25, 0.3) is 5.91 Å². The summed E-state index contributed by atoms with van der Waals surface area (Å²) in [6.45, 7) is 3.19. The lowest BCUT2D eigenvalue weighted by Crippen LogP contribution is -2.25. The Bertz CT molecular complexity index is 637. The van der Waals surface area contributed by atoms with Crippen LogP contribution in [0.4, 0.5) is 0 Å². The first-order valence-electron chi connectivity index (χ1n) is 6.67. The van der Waals surface area contributed by atoms with E-state index in [4.69, 9.17) is 5.73 Å². The Balaban J connectivity index is 0.00000220. The predicted molar refractivity (Wildman–Crippen MR) is 99.3 cm³/mol. The molecule has 1 aromatic carbocycles. The molecule has 0 bridgehead atoms. The van der Waals surface area contributed by atoms with E-state index < -0.39 is 0 Å². The van der Waals surface area contributed by atoms with Gasteiger partial charge in [-0.25, -0.2) is 0 Å². The fourth-order valence-electron chi connectivity index (χ4n) is 2.08. The molecule has 0 unspecified atom stereocenters. The van der Waals surface area contributed by atoms with Gasteiger partial charge in [0, 0.05) is 22.1 Å². The molecule has 1 aromatic heterocycles. The van der Waals surface area contributed by atoms with E-state index in [1.807, 2.05) is 31.2 Å². The van der Waals surface area contributed by atoms with E-state index in [2.05, 4.69) is 26.2 Å². The summed E-state index contributed by atoms with van der Waals surface area (Å²) in [5.41, 5.74) is 7.78. The van der Waals surface area contributed by atoms with E-state index in [0.717, 1.165) is 33.9 Å². The van der Waals surface area contributed by atoms with E-state index in [1.165, 1.54) is 0 Å². The summed E-state index contributed by atoms with van der Waals surface area (Å²) in [6, 6.07) is 7.60. The van der Waals surface area contributed by atoms with Crippen LogP contribution in [0.1, 0.15) is 28.9 Å². The van der Waals surface area contributed by atoms with Gasteiger partial charge in [0.1, 0.15) is 0 Å². The summed E-state index contributed by atoms with van der Waals surface area (Å²) in [5.74, 6) is -0.0596. The number of rotatable bonds is 5. The molecule has 0 spiro atoms. The Hall–Kier alpha value is -0.880. The maximum Gasteiger partial charge on any atom is 0.252 e. The van der Waals surface area contributed by atoms with Crippen molar-refractivity contribution in [2.24, 2.45) is 5.73 Å². The molecule has 1 amide bonds. The zero-order valence-electron chi connectivity index (χ0n) is 12.3. The third-order valence-electron chi connectivity index (χ3n) is 3.06. The number of benzene rings is 1. The highest BCUT2D eigenvalue weighted by Gasteiger charge is 2.11. The number of amides is 1. The number of unbranched alkanes of at least 4 members (excludes halogenated alkanes) is 1. The number of nitrogens with zero attached hydrogens (tertiary/aromatic N) is 1. The summed E-state index contributed by atoms with van der Waals surface area (Å²) in [4.78, 5) is 16.8. The Kier molecular flexibility index (Phi) is 9.60. The van der Waals surface area contributed by atoms with Crippen molar-refractivity contribution in [3.8, 4) is 0 Å². The molecule has 1 heterocycles. The van der Waals surface area contributed by atoms with Gasteiger partial charge in [-0.1, -0.05) is 15.9 Å². The number of halogens is 3. The van der Waals surface area contributed by atoms with Crippen molar-refractivity contribution in [3.05, 3.63) is 40.0 Å². The van der Waals surface area contributed by atoms with Crippen molar-refractivity contribution in [2.75, 3.05) is 13.1 Å². The van der Waals surface area contributed by atoms with Crippen molar-refractivity contribution in [1.82, 2.24) is 10.3 Å². The molecular weight excluding hydrogens is 389 g/mol. The number of aryl methyl sites for hydroxylation is 1. The number of nitrogens with one attached hydrogen (secondary N) is 1. The van der Waals surface area contributed by atoms with Gasteiger partial charge < -0.3 is 11.1 Å². The minimum Gasteiger partial charge on any atom is -0.352 e. The molecule has 0 radical (unpaired) electrons.